The van der Waals surface area contributed by atoms with Gasteiger partial charge < -0.3 is 15.6 Å². The molecule has 35 heavy (non-hydrogen) atoms. The van der Waals surface area contributed by atoms with Crippen LogP contribution in [-0.2, 0) is 17.9 Å². The highest BCUT2D eigenvalue weighted by Crippen LogP contribution is 2.33. The SMILES string of the molecule is CCCC(C(=O)O)c1ccccc1OCc1nn(C(C)C)c2ccc(-c3cccc(CN)c3)cc12. The maximum absolute atomic E-state index is 11.9. The smallest absolute Gasteiger partial charge is 0.311 e. The lowest BCUT2D eigenvalue weighted by Gasteiger charge is -2.16. The fourth-order valence-corrected chi connectivity index (χ4v) is 4.51. The van der Waals surface area contributed by atoms with Gasteiger partial charge in [0.25, 0.3) is 0 Å². The highest BCUT2D eigenvalue weighted by Gasteiger charge is 2.23. The van der Waals surface area contributed by atoms with Gasteiger partial charge >= 0.3 is 5.97 Å². The minimum Gasteiger partial charge on any atom is -0.487 e. The average Bonchev–Trinajstić information content (AvgIpc) is 3.24. The molecule has 1 unspecified atom stereocenters. The van der Waals surface area contributed by atoms with Crippen LogP contribution in [0.3, 0.4) is 0 Å². The summed E-state index contributed by atoms with van der Waals surface area (Å²) in [7, 11) is 0. The Kier molecular flexibility index (Phi) is 7.51. The molecule has 3 aromatic carbocycles. The molecule has 0 aliphatic heterocycles. The van der Waals surface area contributed by atoms with E-state index < -0.39 is 11.9 Å². The molecule has 0 radical (unpaired) electrons. The van der Waals surface area contributed by atoms with Crippen LogP contribution >= 0.6 is 0 Å². The number of benzene rings is 3. The Morgan fingerprint density at radius 2 is 1.83 bits per heavy atom. The Balaban J connectivity index is 1.71. The maximum Gasteiger partial charge on any atom is 0.311 e. The summed E-state index contributed by atoms with van der Waals surface area (Å²) in [6.45, 7) is 6.94. The fraction of sp³-hybridized carbons (Fsp3) is 0.310. The normalized spacial score (nSPS) is 12.3. The van der Waals surface area contributed by atoms with Gasteiger partial charge in [-0.1, -0.05) is 55.8 Å². The second-order valence-electron chi connectivity index (χ2n) is 9.13. The van der Waals surface area contributed by atoms with E-state index in [1.807, 2.05) is 48.0 Å². The molecule has 182 valence electrons. The van der Waals surface area contributed by atoms with E-state index in [0.717, 1.165) is 39.7 Å². The Bertz CT molecular complexity index is 1330. The molecule has 1 heterocycles. The van der Waals surface area contributed by atoms with Crippen LogP contribution in [-0.4, -0.2) is 20.9 Å². The third kappa shape index (κ3) is 5.23. The third-order valence-corrected chi connectivity index (χ3v) is 6.30. The van der Waals surface area contributed by atoms with Gasteiger partial charge in [-0.25, -0.2) is 0 Å². The number of carboxylic acids is 1. The van der Waals surface area contributed by atoms with Crippen LogP contribution in [0.1, 0.15) is 62.4 Å². The van der Waals surface area contributed by atoms with Crippen LogP contribution in [0.15, 0.2) is 66.7 Å². The molecule has 1 atom stereocenters. The number of fused-ring (bicyclic) bond motifs is 1. The van der Waals surface area contributed by atoms with E-state index in [1.165, 1.54) is 0 Å². The lowest BCUT2D eigenvalue weighted by Crippen LogP contribution is -2.13. The van der Waals surface area contributed by atoms with Crippen LogP contribution in [0.25, 0.3) is 22.0 Å². The number of carboxylic acid groups (broad SMARTS) is 1. The molecule has 6 heteroatoms. The zero-order valence-electron chi connectivity index (χ0n) is 20.6. The van der Waals surface area contributed by atoms with Gasteiger partial charge in [0.1, 0.15) is 18.1 Å². The molecular formula is C29H33N3O3. The van der Waals surface area contributed by atoms with E-state index in [2.05, 4.69) is 44.2 Å². The summed E-state index contributed by atoms with van der Waals surface area (Å²) in [5.74, 6) is -0.836. The predicted octanol–water partition coefficient (Wildman–Crippen LogP) is 6.29. The quantitative estimate of drug-likeness (QED) is 0.284. The van der Waals surface area contributed by atoms with Gasteiger partial charge in [-0.15, -0.1) is 0 Å². The average molecular weight is 472 g/mol. The largest absolute Gasteiger partial charge is 0.487 e. The molecule has 0 saturated heterocycles. The van der Waals surface area contributed by atoms with Crippen molar-refractivity contribution in [2.45, 2.75) is 58.7 Å². The molecule has 0 bridgehead atoms. The van der Waals surface area contributed by atoms with Gasteiger partial charge in [0.15, 0.2) is 0 Å². The molecule has 6 nitrogen and oxygen atoms in total. The Morgan fingerprint density at radius 1 is 1.06 bits per heavy atom. The predicted molar refractivity (Wildman–Crippen MR) is 140 cm³/mol. The Hall–Kier alpha value is -3.64. The van der Waals surface area contributed by atoms with Gasteiger partial charge in [-0.05, 0) is 61.2 Å². The molecule has 0 spiro atoms. The summed E-state index contributed by atoms with van der Waals surface area (Å²) < 4.78 is 8.24. The summed E-state index contributed by atoms with van der Waals surface area (Å²) in [5, 5.41) is 15.7. The third-order valence-electron chi connectivity index (χ3n) is 6.30. The van der Waals surface area contributed by atoms with Gasteiger partial charge in [-0.3, -0.25) is 9.48 Å². The Labute approximate surface area is 206 Å². The molecule has 0 aliphatic rings. The maximum atomic E-state index is 11.9. The van der Waals surface area contributed by atoms with E-state index in [4.69, 9.17) is 15.6 Å². The van der Waals surface area contributed by atoms with Crippen molar-refractivity contribution in [2.24, 2.45) is 5.73 Å². The number of para-hydroxylation sites is 1. The van der Waals surface area contributed by atoms with Crippen LogP contribution in [0.5, 0.6) is 5.75 Å². The molecule has 1 aromatic heterocycles. The highest BCUT2D eigenvalue weighted by atomic mass is 16.5. The van der Waals surface area contributed by atoms with E-state index in [0.29, 0.717) is 24.3 Å². The molecule has 0 fully saturated rings. The van der Waals surface area contributed by atoms with Crippen molar-refractivity contribution in [1.29, 1.82) is 0 Å². The first-order chi connectivity index (χ1) is 16.9. The zero-order chi connectivity index (χ0) is 24.9. The summed E-state index contributed by atoms with van der Waals surface area (Å²) in [4.78, 5) is 11.9. The number of hydrogen-bond donors (Lipinski definition) is 2. The molecule has 0 aliphatic carbocycles. The van der Waals surface area contributed by atoms with Crippen LogP contribution < -0.4 is 10.5 Å². The van der Waals surface area contributed by atoms with E-state index in [-0.39, 0.29) is 12.6 Å². The first kappa shape index (κ1) is 24.5. The van der Waals surface area contributed by atoms with Crippen molar-refractivity contribution >= 4 is 16.9 Å². The van der Waals surface area contributed by atoms with E-state index >= 15 is 0 Å². The van der Waals surface area contributed by atoms with Crippen molar-refractivity contribution in [3.63, 3.8) is 0 Å². The van der Waals surface area contributed by atoms with Gasteiger partial charge in [0, 0.05) is 23.5 Å². The molecule has 3 N–H and O–H groups in total. The number of ether oxygens (including phenoxy) is 1. The van der Waals surface area contributed by atoms with Crippen molar-refractivity contribution in [3.8, 4) is 16.9 Å². The summed E-state index contributed by atoms with van der Waals surface area (Å²) in [6.07, 6.45) is 1.34. The number of carbonyl (C=O) groups is 1. The van der Waals surface area contributed by atoms with Crippen molar-refractivity contribution < 1.29 is 14.6 Å². The molecule has 4 aromatic rings. The number of aliphatic carboxylic acids is 1. The second kappa shape index (κ2) is 10.7. The minimum atomic E-state index is -0.832. The minimum absolute atomic E-state index is 0.186. The molecule has 4 rings (SSSR count). The van der Waals surface area contributed by atoms with Crippen LogP contribution in [0.2, 0.25) is 0 Å². The number of hydrogen-bond acceptors (Lipinski definition) is 4. The summed E-state index contributed by atoms with van der Waals surface area (Å²) in [6, 6.07) is 22.2. The molecule has 0 saturated carbocycles. The number of nitrogens with two attached hydrogens (primary N) is 1. The standard InChI is InChI=1S/C29H33N3O3/c1-4-8-24(29(33)34)23-11-5-6-12-28(23)35-18-26-25-16-22(21-10-7-9-20(15-21)17-30)13-14-27(25)32(31-26)19(2)3/h5-7,9-16,19,24H,4,8,17-18,30H2,1-3H3,(H,33,34). The Morgan fingerprint density at radius 3 is 2.54 bits per heavy atom. The second-order valence-corrected chi connectivity index (χ2v) is 9.13. The van der Waals surface area contributed by atoms with E-state index in [9.17, 15) is 9.90 Å². The lowest BCUT2D eigenvalue weighted by molar-refractivity contribution is -0.139. The lowest BCUT2D eigenvalue weighted by atomic mass is 9.94. The van der Waals surface area contributed by atoms with Crippen molar-refractivity contribution in [3.05, 3.63) is 83.6 Å². The highest BCUT2D eigenvalue weighted by molar-refractivity contribution is 5.87. The number of nitrogens with zero attached hydrogens (tertiary/aromatic N) is 2. The van der Waals surface area contributed by atoms with E-state index in [1.54, 1.807) is 0 Å². The van der Waals surface area contributed by atoms with Crippen molar-refractivity contribution in [1.82, 2.24) is 9.78 Å². The monoisotopic (exact) mass is 471 g/mol. The van der Waals surface area contributed by atoms with Gasteiger partial charge in [0.05, 0.1) is 11.4 Å². The van der Waals surface area contributed by atoms with Crippen LogP contribution in [0.4, 0.5) is 0 Å². The molecule has 0 amide bonds. The summed E-state index contributed by atoms with van der Waals surface area (Å²) in [5.41, 5.74) is 11.7. The number of aromatic nitrogens is 2. The topological polar surface area (TPSA) is 90.4 Å². The van der Waals surface area contributed by atoms with Gasteiger partial charge in [-0.2, -0.15) is 5.10 Å². The molecular weight excluding hydrogens is 438 g/mol. The van der Waals surface area contributed by atoms with Crippen LogP contribution in [0, 0.1) is 0 Å². The van der Waals surface area contributed by atoms with Gasteiger partial charge in [0.2, 0.25) is 0 Å². The number of rotatable bonds is 10. The zero-order valence-corrected chi connectivity index (χ0v) is 20.6. The van der Waals surface area contributed by atoms with Crippen molar-refractivity contribution in [2.75, 3.05) is 0 Å². The first-order valence-corrected chi connectivity index (χ1v) is 12.2. The fourth-order valence-electron chi connectivity index (χ4n) is 4.51. The first-order valence-electron chi connectivity index (χ1n) is 12.2. The summed E-state index contributed by atoms with van der Waals surface area (Å²) >= 11 is 0.